The molecule has 2 N–H and O–H groups in total. The van der Waals surface area contributed by atoms with Gasteiger partial charge in [-0.3, -0.25) is 9.89 Å². The van der Waals surface area contributed by atoms with Gasteiger partial charge in [0, 0.05) is 37.3 Å². The van der Waals surface area contributed by atoms with Crippen LogP contribution in [0.1, 0.15) is 26.2 Å². The highest BCUT2D eigenvalue weighted by Gasteiger charge is 2.43. The maximum absolute atomic E-state index is 14.8. The fourth-order valence-electron chi connectivity index (χ4n) is 5.06. The molecule has 7 atom stereocenters. The smallest absolute Gasteiger partial charge is 0.379 e. The topological polar surface area (TPSA) is 58.1 Å². The van der Waals surface area contributed by atoms with Gasteiger partial charge >= 0.3 is 6.18 Å². The van der Waals surface area contributed by atoms with Crippen molar-refractivity contribution in [3.63, 3.8) is 0 Å². The van der Waals surface area contributed by atoms with E-state index in [2.05, 4.69) is 15.5 Å². The molecule has 0 aromatic rings. The first-order chi connectivity index (χ1) is 14.8. The molecule has 4 rings (SSSR count). The van der Waals surface area contributed by atoms with E-state index >= 15 is 0 Å². The average molecular weight is 469 g/mol. The SMILES string of the molecule is CC1C(CSC2=NC3CC(F)C(N4CCOCC4)CC3N2)NCCC1OCC(F)(F)F. The van der Waals surface area contributed by atoms with E-state index in [0.29, 0.717) is 38.4 Å². The van der Waals surface area contributed by atoms with Crippen molar-refractivity contribution in [2.45, 2.75) is 68.8 Å². The van der Waals surface area contributed by atoms with E-state index in [1.807, 2.05) is 6.92 Å². The predicted octanol–water partition coefficient (Wildman–Crippen LogP) is 2.19. The quantitative estimate of drug-likeness (QED) is 0.604. The van der Waals surface area contributed by atoms with Gasteiger partial charge in [0.2, 0.25) is 0 Å². The van der Waals surface area contributed by atoms with Crippen molar-refractivity contribution in [3.8, 4) is 0 Å². The minimum atomic E-state index is -4.30. The second-order valence-corrected chi connectivity index (χ2v) is 9.95. The van der Waals surface area contributed by atoms with Crippen molar-refractivity contribution in [2.75, 3.05) is 45.2 Å². The first-order valence-corrected chi connectivity index (χ1v) is 12.1. The zero-order valence-corrected chi connectivity index (χ0v) is 18.6. The molecule has 3 aliphatic heterocycles. The Morgan fingerprint density at radius 1 is 1.26 bits per heavy atom. The van der Waals surface area contributed by atoms with E-state index in [1.54, 1.807) is 11.8 Å². The average Bonchev–Trinajstić information content (AvgIpc) is 3.13. The number of thioether (sulfide) groups is 1. The third kappa shape index (κ3) is 6.04. The molecule has 0 radical (unpaired) electrons. The van der Waals surface area contributed by atoms with Crippen molar-refractivity contribution in [1.29, 1.82) is 0 Å². The van der Waals surface area contributed by atoms with E-state index in [9.17, 15) is 17.6 Å². The van der Waals surface area contributed by atoms with Gasteiger partial charge in [0.05, 0.1) is 31.4 Å². The van der Waals surface area contributed by atoms with Crippen LogP contribution in [0.15, 0.2) is 4.99 Å². The highest BCUT2D eigenvalue weighted by Crippen LogP contribution is 2.33. The van der Waals surface area contributed by atoms with Gasteiger partial charge in [0.1, 0.15) is 12.8 Å². The van der Waals surface area contributed by atoms with Crippen LogP contribution in [-0.2, 0) is 9.47 Å². The number of nitrogens with zero attached hydrogens (tertiary/aromatic N) is 2. The Bertz CT molecular complexity index is 635. The van der Waals surface area contributed by atoms with Gasteiger partial charge in [-0.25, -0.2) is 4.39 Å². The molecule has 31 heavy (non-hydrogen) atoms. The Labute approximate surface area is 184 Å². The zero-order valence-electron chi connectivity index (χ0n) is 17.7. The highest BCUT2D eigenvalue weighted by molar-refractivity contribution is 8.13. The lowest BCUT2D eigenvalue weighted by Crippen LogP contribution is -2.55. The second-order valence-electron chi connectivity index (χ2n) is 8.94. The lowest BCUT2D eigenvalue weighted by molar-refractivity contribution is -0.193. The summed E-state index contributed by atoms with van der Waals surface area (Å²) in [5.41, 5.74) is 0. The predicted molar refractivity (Wildman–Crippen MR) is 112 cm³/mol. The molecule has 0 bridgehead atoms. The summed E-state index contributed by atoms with van der Waals surface area (Å²) < 4.78 is 62.9. The van der Waals surface area contributed by atoms with Crippen molar-refractivity contribution in [1.82, 2.24) is 15.5 Å². The molecule has 3 heterocycles. The largest absolute Gasteiger partial charge is 0.411 e. The van der Waals surface area contributed by atoms with Crippen LogP contribution in [0.4, 0.5) is 17.6 Å². The molecule has 1 saturated carbocycles. The fraction of sp³-hybridized carbons (Fsp3) is 0.950. The van der Waals surface area contributed by atoms with Gasteiger partial charge < -0.3 is 20.1 Å². The van der Waals surface area contributed by atoms with E-state index < -0.39 is 25.1 Å². The number of aliphatic imine (C=N–C) groups is 1. The van der Waals surface area contributed by atoms with Crippen LogP contribution in [0.3, 0.4) is 0 Å². The number of nitrogens with one attached hydrogen (secondary N) is 2. The van der Waals surface area contributed by atoms with Crippen molar-refractivity contribution in [3.05, 3.63) is 0 Å². The number of alkyl halides is 4. The Balaban J connectivity index is 1.26. The van der Waals surface area contributed by atoms with Crippen LogP contribution in [0, 0.1) is 5.92 Å². The summed E-state index contributed by atoms with van der Waals surface area (Å²) in [7, 11) is 0. The number of morpholine rings is 1. The maximum atomic E-state index is 14.8. The molecule has 0 aromatic carbocycles. The summed E-state index contributed by atoms with van der Waals surface area (Å²) in [6.07, 6.45) is -3.87. The van der Waals surface area contributed by atoms with Crippen molar-refractivity contribution in [2.24, 2.45) is 10.9 Å². The van der Waals surface area contributed by atoms with E-state index in [1.165, 1.54) is 0 Å². The molecule has 6 nitrogen and oxygen atoms in total. The molecule has 7 unspecified atom stereocenters. The number of hydrogen-bond donors (Lipinski definition) is 2. The Hall–Kier alpha value is -0.620. The van der Waals surface area contributed by atoms with Gasteiger partial charge in [-0.15, -0.1) is 0 Å². The van der Waals surface area contributed by atoms with Crippen LogP contribution in [0.5, 0.6) is 0 Å². The van der Waals surface area contributed by atoms with Gasteiger partial charge in [-0.05, 0) is 25.3 Å². The molecule has 11 heteroatoms. The summed E-state index contributed by atoms with van der Waals surface area (Å²) in [6, 6.07) is 0.0410. The summed E-state index contributed by atoms with van der Waals surface area (Å²) in [5, 5.41) is 7.69. The minimum absolute atomic E-state index is 0.0335. The monoisotopic (exact) mass is 468 g/mol. The number of amidine groups is 1. The van der Waals surface area contributed by atoms with Gasteiger partial charge in [-0.1, -0.05) is 18.7 Å². The van der Waals surface area contributed by atoms with Crippen molar-refractivity contribution >= 4 is 16.9 Å². The molecule has 2 saturated heterocycles. The number of fused-ring (bicyclic) bond motifs is 1. The number of piperidine rings is 1. The maximum Gasteiger partial charge on any atom is 0.411 e. The molecule has 0 amide bonds. The normalized spacial score (nSPS) is 39.6. The molecule has 3 fully saturated rings. The van der Waals surface area contributed by atoms with Crippen LogP contribution in [0.25, 0.3) is 0 Å². The molecule has 4 aliphatic rings. The van der Waals surface area contributed by atoms with E-state index in [0.717, 1.165) is 24.7 Å². The first kappa shape index (κ1) is 23.5. The molecule has 0 aromatic heterocycles. The lowest BCUT2D eigenvalue weighted by Gasteiger charge is -2.41. The number of rotatable bonds is 5. The number of halogens is 4. The molecule has 0 spiro atoms. The standard InChI is InChI=1S/C20H32F4N4O2S/c1-12-16(25-3-2-18(12)30-11-20(22,23)24)10-31-19-26-14-8-13(21)17(9-15(14)27-19)28-4-6-29-7-5-28/h12-18,25H,2-11H2,1H3,(H,26,27). The van der Waals surface area contributed by atoms with Gasteiger partial charge in [-0.2, -0.15) is 13.2 Å². The summed E-state index contributed by atoms with van der Waals surface area (Å²) in [4.78, 5) is 6.91. The van der Waals surface area contributed by atoms with E-state index in [4.69, 9.17) is 14.5 Å². The second kappa shape index (κ2) is 10.1. The van der Waals surface area contributed by atoms with Crippen LogP contribution >= 0.6 is 11.8 Å². The molecular weight excluding hydrogens is 436 g/mol. The van der Waals surface area contributed by atoms with Gasteiger partial charge in [0.25, 0.3) is 0 Å². The zero-order chi connectivity index (χ0) is 22.0. The highest BCUT2D eigenvalue weighted by atomic mass is 32.2. The van der Waals surface area contributed by atoms with Crippen molar-refractivity contribution < 1.29 is 27.0 Å². The third-order valence-corrected chi connectivity index (χ3v) is 7.89. The lowest BCUT2D eigenvalue weighted by atomic mass is 9.85. The van der Waals surface area contributed by atoms with E-state index in [-0.39, 0.29) is 30.1 Å². The summed E-state index contributed by atoms with van der Waals surface area (Å²) >= 11 is 1.57. The molecule has 1 aliphatic carbocycles. The Morgan fingerprint density at radius 2 is 2.03 bits per heavy atom. The Kier molecular flexibility index (Phi) is 7.68. The fourth-order valence-corrected chi connectivity index (χ4v) is 6.27. The summed E-state index contributed by atoms with van der Waals surface area (Å²) in [6.45, 7) is 4.22. The third-order valence-electron chi connectivity index (χ3n) is 6.87. The summed E-state index contributed by atoms with van der Waals surface area (Å²) in [5.74, 6) is 0.651. The minimum Gasteiger partial charge on any atom is -0.379 e. The molecule has 178 valence electrons. The first-order valence-electron chi connectivity index (χ1n) is 11.1. The number of hydrogen-bond acceptors (Lipinski definition) is 7. The van der Waals surface area contributed by atoms with Crippen LogP contribution in [-0.4, -0.2) is 97.9 Å². The van der Waals surface area contributed by atoms with Gasteiger partial charge in [0.15, 0.2) is 5.17 Å². The Morgan fingerprint density at radius 3 is 2.77 bits per heavy atom. The van der Waals surface area contributed by atoms with Crippen LogP contribution in [0.2, 0.25) is 0 Å². The van der Waals surface area contributed by atoms with Crippen LogP contribution < -0.4 is 10.6 Å². The molecular formula is C20H32F4N4O2S. The number of ether oxygens (including phenoxy) is 2.